The molecule has 0 radical (unpaired) electrons. The first-order valence-corrected chi connectivity index (χ1v) is 7.73. The van der Waals surface area contributed by atoms with Gasteiger partial charge in [0.1, 0.15) is 5.15 Å². The molecule has 108 valence electrons. The van der Waals surface area contributed by atoms with Crippen LogP contribution in [-0.2, 0) is 6.42 Å². The number of hydrogen-bond acceptors (Lipinski definition) is 3. The Kier molecular flexibility index (Phi) is 3.94. The lowest BCUT2D eigenvalue weighted by Crippen LogP contribution is -2.57. The van der Waals surface area contributed by atoms with Gasteiger partial charge in [0.15, 0.2) is 0 Å². The van der Waals surface area contributed by atoms with Gasteiger partial charge in [0, 0.05) is 23.8 Å². The second-order valence-electron chi connectivity index (χ2n) is 5.74. The molecule has 4 nitrogen and oxygen atoms in total. The fourth-order valence-corrected chi connectivity index (χ4v) is 3.47. The number of nitrogens with one attached hydrogen (secondary N) is 1. The average molecular weight is 294 g/mol. The summed E-state index contributed by atoms with van der Waals surface area (Å²) in [6, 6.07) is 3.77. The fraction of sp³-hybridized carbons (Fsp3) is 0.600. The Hall–Kier alpha value is -1.13. The molecule has 1 amide bonds. The third kappa shape index (κ3) is 2.81. The zero-order valence-corrected chi connectivity index (χ0v) is 12.5. The highest BCUT2D eigenvalue weighted by Crippen LogP contribution is 2.27. The molecule has 2 bridgehead atoms. The first kappa shape index (κ1) is 13.8. The minimum atomic E-state index is -0.0252. The maximum absolute atomic E-state index is 12.4. The quantitative estimate of drug-likeness (QED) is 0.868. The number of carbonyl (C=O) groups excluding carboxylic acids is 1. The molecule has 5 heteroatoms. The highest BCUT2D eigenvalue weighted by Gasteiger charge is 2.34. The molecule has 0 aliphatic carbocycles. The minimum Gasteiger partial charge on any atom is -0.348 e. The third-order valence-electron chi connectivity index (χ3n) is 4.44. The lowest BCUT2D eigenvalue weighted by Gasteiger charge is -2.44. The molecule has 1 atom stereocenters. The van der Waals surface area contributed by atoms with Gasteiger partial charge in [-0.15, -0.1) is 0 Å². The molecule has 1 aromatic heterocycles. The van der Waals surface area contributed by atoms with Crippen molar-refractivity contribution in [3.63, 3.8) is 0 Å². The lowest BCUT2D eigenvalue weighted by atomic mass is 9.84. The standard InChI is InChI=1S/C15H20ClN3O/c1-2-12-7-11(8-14(16)17-12)15(20)18-13-9-19-5-3-10(13)4-6-19/h7-8,10,13H,2-6,9H2,1H3,(H,18,20). The van der Waals surface area contributed by atoms with E-state index in [1.54, 1.807) is 6.07 Å². The molecule has 0 spiro atoms. The van der Waals surface area contributed by atoms with Gasteiger partial charge in [-0.2, -0.15) is 0 Å². The van der Waals surface area contributed by atoms with E-state index in [9.17, 15) is 4.79 Å². The van der Waals surface area contributed by atoms with Crippen molar-refractivity contribution >= 4 is 17.5 Å². The van der Waals surface area contributed by atoms with Gasteiger partial charge >= 0.3 is 0 Å². The smallest absolute Gasteiger partial charge is 0.251 e. The maximum atomic E-state index is 12.4. The molecular formula is C15H20ClN3O. The van der Waals surface area contributed by atoms with Crippen LogP contribution in [0.4, 0.5) is 0 Å². The van der Waals surface area contributed by atoms with E-state index in [1.165, 1.54) is 25.9 Å². The number of rotatable bonds is 3. The molecule has 3 fully saturated rings. The Labute approximate surface area is 124 Å². The summed E-state index contributed by atoms with van der Waals surface area (Å²) in [5.74, 6) is 0.606. The van der Waals surface area contributed by atoms with E-state index in [4.69, 9.17) is 11.6 Å². The first-order valence-electron chi connectivity index (χ1n) is 7.35. The number of aromatic nitrogens is 1. The van der Waals surface area contributed by atoms with Crippen molar-refractivity contribution in [2.24, 2.45) is 5.92 Å². The normalized spacial score (nSPS) is 28.4. The van der Waals surface area contributed by atoms with E-state index in [0.717, 1.165) is 18.7 Å². The summed E-state index contributed by atoms with van der Waals surface area (Å²) in [7, 11) is 0. The second kappa shape index (κ2) is 5.70. The van der Waals surface area contributed by atoms with Crippen LogP contribution in [0.3, 0.4) is 0 Å². The summed E-state index contributed by atoms with van der Waals surface area (Å²) in [4.78, 5) is 19.0. The summed E-state index contributed by atoms with van der Waals surface area (Å²) >= 11 is 5.98. The Balaban J connectivity index is 1.71. The van der Waals surface area contributed by atoms with Gasteiger partial charge in [-0.1, -0.05) is 18.5 Å². The van der Waals surface area contributed by atoms with E-state index in [2.05, 4.69) is 15.2 Å². The van der Waals surface area contributed by atoms with Gasteiger partial charge in [0.25, 0.3) is 5.91 Å². The number of piperidine rings is 3. The molecule has 1 N–H and O–H groups in total. The molecule has 1 aromatic rings. The van der Waals surface area contributed by atoms with Gasteiger partial charge in [-0.25, -0.2) is 4.98 Å². The summed E-state index contributed by atoms with van der Waals surface area (Å²) < 4.78 is 0. The topological polar surface area (TPSA) is 45.2 Å². The minimum absolute atomic E-state index is 0.0252. The number of pyridine rings is 1. The largest absolute Gasteiger partial charge is 0.348 e. The van der Waals surface area contributed by atoms with Crippen molar-refractivity contribution in [2.45, 2.75) is 32.2 Å². The molecule has 0 saturated carbocycles. The summed E-state index contributed by atoms with van der Waals surface area (Å²) in [5.41, 5.74) is 1.48. The predicted molar refractivity (Wildman–Crippen MR) is 79.0 cm³/mol. The molecule has 20 heavy (non-hydrogen) atoms. The van der Waals surface area contributed by atoms with Crippen molar-refractivity contribution in [2.75, 3.05) is 19.6 Å². The van der Waals surface area contributed by atoms with Gasteiger partial charge in [0.05, 0.1) is 0 Å². The number of hydrogen-bond donors (Lipinski definition) is 1. The van der Waals surface area contributed by atoms with Crippen LogP contribution in [0.5, 0.6) is 0 Å². The number of aryl methyl sites for hydroxylation is 1. The van der Waals surface area contributed by atoms with Crippen LogP contribution in [0.15, 0.2) is 12.1 Å². The van der Waals surface area contributed by atoms with Gasteiger partial charge < -0.3 is 10.2 Å². The fourth-order valence-electron chi connectivity index (χ4n) is 3.24. The Bertz CT molecular complexity index is 512. The summed E-state index contributed by atoms with van der Waals surface area (Å²) in [5, 5.41) is 3.57. The molecule has 1 unspecified atom stereocenters. The van der Waals surface area contributed by atoms with Crippen molar-refractivity contribution in [3.05, 3.63) is 28.5 Å². The first-order chi connectivity index (χ1) is 9.65. The lowest BCUT2D eigenvalue weighted by molar-refractivity contribution is 0.0620. The predicted octanol–water partition coefficient (Wildman–Crippen LogP) is 2.12. The van der Waals surface area contributed by atoms with E-state index >= 15 is 0 Å². The van der Waals surface area contributed by atoms with Crippen molar-refractivity contribution in [3.8, 4) is 0 Å². The Morgan fingerprint density at radius 2 is 2.20 bits per heavy atom. The van der Waals surface area contributed by atoms with Crippen LogP contribution >= 0.6 is 11.6 Å². The Morgan fingerprint density at radius 1 is 1.45 bits per heavy atom. The highest BCUT2D eigenvalue weighted by molar-refractivity contribution is 6.29. The monoisotopic (exact) mass is 293 g/mol. The van der Waals surface area contributed by atoms with E-state index in [0.29, 0.717) is 16.6 Å². The number of fused-ring (bicyclic) bond motifs is 3. The van der Waals surface area contributed by atoms with Gasteiger partial charge in [-0.05, 0) is 50.4 Å². The van der Waals surface area contributed by atoms with Crippen LogP contribution in [0.1, 0.15) is 35.8 Å². The van der Waals surface area contributed by atoms with E-state index < -0.39 is 0 Å². The van der Waals surface area contributed by atoms with Crippen molar-refractivity contribution in [1.82, 2.24) is 15.2 Å². The van der Waals surface area contributed by atoms with Crippen LogP contribution < -0.4 is 5.32 Å². The molecule has 3 aliphatic heterocycles. The number of amides is 1. The van der Waals surface area contributed by atoms with Crippen LogP contribution in [0.2, 0.25) is 5.15 Å². The zero-order chi connectivity index (χ0) is 14.1. The summed E-state index contributed by atoms with van der Waals surface area (Å²) in [6.07, 6.45) is 3.17. The SMILES string of the molecule is CCc1cc(C(=O)NC2CN3CCC2CC3)cc(Cl)n1. The number of carbonyl (C=O) groups is 1. The molecule has 0 aromatic carbocycles. The van der Waals surface area contributed by atoms with Gasteiger partial charge in [0.2, 0.25) is 0 Å². The molecular weight excluding hydrogens is 274 g/mol. The summed E-state index contributed by atoms with van der Waals surface area (Å²) in [6.45, 7) is 5.35. The third-order valence-corrected chi connectivity index (χ3v) is 4.64. The molecule has 3 aliphatic rings. The van der Waals surface area contributed by atoms with Crippen molar-refractivity contribution < 1.29 is 4.79 Å². The van der Waals surface area contributed by atoms with Crippen LogP contribution in [0, 0.1) is 5.92 Å². The highest BCUT2D eigenvalue weighted by atomic mass is 35.5. The average Bonchev–Trinajstić information content (AvgIpc) is 2.47. The Morgan fingerprint density at radius 3 is 2.80 bits per heavy atom. The maximum Gasteiger partial charge on any atom is 0.251 e. The van der Waals surface area contributed by atoms with Crippen LogP contribution in [0.25, 0.3) is 0 Å². The van der Waals surface area contributed by atoms with Gasteiger partial charge in [-0.3, -0.25) is 4.79 Å². The zero-order valence-electron chi connectivity index (χ0n) is 11.7. The van der Waals surface area contributed by atoms with E-state index in [-0.39, 0.29) is 11.9 Å². The molecule has 4 rings (SSSR count). The number of halogens is 1. The van der Waals surface area contributed by atoms with E-state index in [1.807, 2.05) is 13.0 Å². The second-order valence-corrected chi connectivity index (χ2v) is 6.13. The molecule has 3 saturated heterocycles. The van der Waals surface area contributed by atoms with Crippen molar-refractivity contribution in [1.29, 1.82) is 0 Å². The van der Waals surface area contributed by atoms with Crippen LogP contribution in [-0.4, -0.2) is 41.5 Å². The molecule has 4 heterocycles. The number of nitrogens with zero attached hydrogens (tertiary/aromatic N) is 2.